The average Bonchev–Trinajstić information content (AvgIpc) is 2.74. The van der Waals surface area contributed by atoms with Gasteiger partial charge in [-0.25, -0.2) is 20.2 Å². The minimum Gasteiger partial charge on any atom is -0.360 e. The Labute approximate surface area is 96.9 Å². The average molecular weight is 237 g/mol. The van der Waals surface area contributed by atoms with Crippen molar-refractivity contribution in [3.05, 3.63) is 30.2 Å². The van der Waals surface area contributed by atoms with Crippen molar-refractivity contribution in [1.29, 1.82) is 0 Å². The van der Waals surface area contributed by atoms with Crippen LogP contribution in [0.2, 0.25) is 0 Å². The third-order valence-electron chi connectivity index (χ3n) is 2.21. The molecule has 0 saturated carbocycles. The van der Waals surface area contributed by atoms with Crippen LogP contribution in [0.25, 0.3) is 0 Å². The van der Waals surface area contributed by atoms with E-state index >= 15 is 0 Å². The Hall–Kier alpha value is -2.22. The molecule has 0 fully saturated rings. The lowest BCUT2D eigenvalue weighted by Crippen LogP contribution is -2.13. The van der Waals surface area contributed by atoms with Crippen LogP contribution in [0, 0.1) is 5.82 Å². The van der Waals surface area contributed by atoms with Gasteiger partial charge < -0.3 is 9.88 Å². The zero-order valence-corrected chi connectivity index (χ0v) is 9.18. The molecule has 4 N–H and O–H groups in total. The van der Waals surface area contributed by atoms with Crippen LogP contribution in [0.15, 0.2) is 18.6 Å². The van der Waals surface area contributed by atoms with Crippen molar-refractivity contribution in [1.82, 2.24) is 19.5 Å². The van der Waals surface area contributed by atoms with Crippen molar-refractivity contribution < 1.29 is 4.39 Å². The molecule has 0 amide bonds. The van der Waals surface area contributed by atoms with Crippen LogP contribution in [0.3, 0.4) is 0 Å². The molecule has 7 nitrogen and oxygen atoms in total. The quantitative estimate of drug-likeness (QED) is 0.521. The second kappa shape index (κ2) is 4.74. The van der Waals surface area contributed by atoms with Crippen molar-refractivity contribution in [2.24, 2.45) is 12.9 Å². The Morgan fingerprint density at radius 1 is 1.47 bits per heavy atom. The molecule has 0 saturated heterocycles. The van der Waals surface area contributed by atoms with Crippen molar-refractivity contribution in [3.63, 3.8) is 0 Å². The van der Waals surface area contributed by atoms with E-state index in [4.69, 9.17) is 5.84 Å². The number of aryl methyl sites for hydroxylation is 1. The molecular formula is C9H12FN7. The monoisotopic (exact) mass is 237 g/mol. The van der Waals surface area contributed by atoms with Crippen LogP contribution in [0.1, 0.15) is 5.82 Å². The molecule has 8 heteroatoms. The largest absolute Gasteiger partial charge is 0.360 e. The fraction of sp³-hybridized carbons (Fsp3) is 0.222. The lowest BCUT2D eigenvalue weighted by molar-refractivity contribution is 0.616. The van der Waals surface area contributed by atoms with Crippen molar-refractivity contribution in [3.8, 4) is 0 Å². The van der Waals surface area contributed by atoms with Crippen molar-refractivity contribution >= 4 is 11.8 Å². The molecule has 0 atom stereocenters. The summed E-state index contributed by atoms with van der Waals surface area (Å²) < 4.78 is 15.2. The van der Waals surface area contributed by atoms with Crippen molar-refractivity contribution in [2.45, 2.75) is 6.54 Å². The molecule has 2 rings (SSSR count). The Kier molecular flexibility index (Phi) is 3.15. The highest BCUT2D eigenvalue weighted by atomic mass is 19.1. The molecule has 17 heavy (non-hydrogen) atoms. The lowest BCUT2D eigenvalue weighted by Gasteiger charge is -2.07. The molecule has 0 aliphatic rings. The van der Waals surface area contributed by atoms with E-state index < -0.39 is 5.82 Å². The second-order valence-electron chi connectivity index (χ2n) is 3.34. The van der Waals surface area contributed by atoms with Crippen LogP contribution < -0.4 is 16.6 Å². The van der Waals surface area contributed by atoms with Gasteiger partial charge in [-0.05, 0) is 0 Å². The Morgan fingerprint density at radius 2 is 2.29 bits per heavy atom. The normalized spacial score (nSPS) is 10.3. The third-order valence-corrected chi connectivity index (χ3v) is 2.21. The van der Waals surface area contributed by atoms with E-state index in [-0.39, 0.29) is 11.8 Å². The molecule has 90 valence electrons. The predicted molar refractivity (Wildman–Crippen MR) is 60.3 cm³/mol. The minimum atomic E-state index is -0.543. The molecular weight excluding hydrogens is 225 g/mol. The van der Waals surface area contributed by atoms with Gasteiger partial charge >= 0.3 is 0 Å². The zero-order valence-electron chi connectivity index (χ0n) is 9.18. The zero-order chi connectivity index (χ0) is 12.3. The van der Waals surface area contributed by atoms with E-state index in [9.17, 15) is 4.39 Å². The Bertz CT molecular complexity index is 510. The smallest absolute Gasteiger partial charge is 0.239 e. The summed E-state index contributed by atoms with van der Waals surface area (Å²) in [5.41, 5.74) is 2.25. The standard InChI is InChI=1S/C9H12FN7/c1-17-3-2-12-7(17)5-13-8-6(10)4-14-9(15-8)16-11/h2-4H,5,11H2,1H3,(H2,13,14,15,16). The molecule has 0 aliphatic heterocycles. The summed E-state index contributed by atoms with van der Waals surface area (Å²) in [6.07, 6.45) is 4.52. The van der Waals surface area contributed by atoms with E-state index in [0.717, 1.165) is 12.0 Å². The van der Waals surface area contributed by atoms with Crippen LogP contribution >= 0.6 is 0 Å². The molecule has 0 bridgehead atoms. The number of hydrogen-bond acceptors (Lipinski definition) is 6. The van der Waals surface area contributed by atoms with Gasteiger partial charge in [-0.1, -0.05) is 0 Å². The summed E-state index contributed by atoms with van der Waals surface area (Å²) in [4.78, 5) is 11.6. The highest BCUT2D eigenvalue weighted by Crippen LogP contribution is 2.12. The van der Waals surface area contributed by atoms with Gasteiger partial charge in [0, 0.05) is 19.4 Å². The molecule has 2 heterocycles. The van der Waals surface area contributed by atoms with E-state index in [0.29, 0.717) is 6.54 Å². The summed E-state index contributed by atoms with van der Waals surface area (Å²) in [6, 6.07) is 0. The van der Waals surface area contributed by atoms with Crippen LogP contribution in [0.4, 0.5) is 16.2 Å². The number of halogens is 1. The number of aromatic nitrogens is 4. The maximum Gasteiger partial charge on any atom is 0.239 e. The molecule has 0 aliphatic carbocycles. The number of hydrazine groups is 1. The maximum atomic E-state index is 13.4. The number of nitrogens with two attached hydrogens (primary N) is 1. The number of rotatable bonds is 4. The van der Waals surface area contributed by atoms with E-state index in [1.54, 1.807) is 12.4 Å². The van der Waals surface area contributed by atoms with Gasteiger partial charge in [0.25, 0.3) is 0 Å². The number of nitrogen functional groups attached to an aromatic ring is 1. The van der Waals surface area contributed by atoms with Gasteiger partial charge in [0.1, 0.15) is 5.82 Å². The number of imidazole rings is 1. The predicted octanol–water partition coefficient (Wildman–Crippen LogP) is 0.247. The second-order valence-corrected chi connectivity index (χ2v) is 3.34. The van der Waals surface area contributed by atoms with Crippen molar-refractivity contribution in [2.75, 3.05) is 10.7 Å². The summed E-state index contributed by atoms with van der Waals surface area (Å²) in [5, 5.41) is 2.83. The number of nitrogens with zero attached hydrogens (tertiary/aromatic N) is 4. The van der Waals surface area contributed by atoms with Crippen LogP contribution in [0.5, 0.6) is 0 Å². The fourth-order valence-corrected chi connectivity index (χ4v) is 1.29. The highest BCUT2D eigenvalue weighted by Gasteiger charge is 2.07. The van der Waals surface area contributed by atoms with Gasteiger partial charge in [0.2, 0.25) is 5.95 Å². The van der Waals surface area contributed by atoms with Gasteiger partial charge in [-0.2, -0.15) is 4.98 Å². The fourth-order valence-electron chi connectivity index (χ4n) is 1.29. The topological polar surface area (TPSA) is 93.7 Å². The van der Waals surface area contributed by atoms with Gasteiger partial charge in [-0.15, -0.1) is 0 Å². The Morgan fingerprint density at radius 3 is 2.94 bits per heavy atom. The molecule has 0 spiro atoms. The highest BCUT2D eigenvalue weighted by molar-refractivity contribution is 5.40. The van der Waals surface area contributed by atoms with E-state index in [1.807, 2.05) is 11.6 Å². The summed E-state index contributed by atoms with van der Waals surface area (Å²) >= 11 is 0. The lowest BCUT2D eigenvalue weighted by atomic mass is 10.5. The first-order valence-corrected chi connectivity index (χ1v) is 4.90. The maximum absolute atomic E-state index is 13.4. The first kappa shape index (κ1) is 11.3. The Balaban J connectivity index is 2.11. The van der Waals surface area contributed by atoms with Gasteiger partial charge in [0.05, 0.1) is 12.7 Å². The molecule has 2 aromatic heterocycles. The summed E-state index contributed by atoms with van der Waals surface area (Å²) in [6.45, 7) is 0.363. The van der Waals surface area contributed by atoms with Crippen LogP contribution in [-0.4, -0.2) is 19.5 Å². The SMILES string of the molecule is Cn1ccnc1CNc1nc(NN)ncc1F. The molecule has 0 unspecified atom stereocenters. The molecule has 0 radical (unpaired) electrons. The van der Waals surface area contributed by atoms with Gasteiger partial charge in [0.15, 0.2) is 11.6 Å². The first-order chi connectivity index (χ1) is 8.20. The van der Waals surface area contributed by atoms with E-state index in [1.165, 1.54) is 0 Å². The minimum absolute atomic E-state index is 0.0796. The number of nitrogens with one attached hydrogen (secondary N) is 2. The summed E-state index contributed by atoms with van der Waals surface area (Å²) in [7, 11) is 1.85. The molecule has 0 aromatic carbocycles. The molecule has 2 aromatic rings. The number of anilines is 2. The number of hydrogen-bond donors (Lipinski definition) is 3. The van der Waals surface area contributed by atoms with Crippen LogP contribution in [-0.2, 0) is 13.6 Å². The first-order valence-electron chi connectivity index (χ1n) is 4.90. The third kappa shape index (κ3) is 2.48. The van der Waals surface area contributed by atoms with Gasteiger partial charge in [-0.3, -0.25) is 5.43 Å². The van der Waals surface area contributed by atoms with E-state index in [2.05, 4.69) is 25.7 Å². The summed E-state index contributed by atoms with van der Waals surface area (Å²) in [5.74, 6) is 5.59.